The number of hydrogen-bond acceptors (Lipinski definition) is 6. The van der Waals surface area contributed by atoms with Crippen LogP contribution in [0.25, 0.3) is 6.08 Å². The number of morpholine rings is 1. The van der Waals surface area contributed by atoms with E-state index in [0.717, 1.165) is 24.4 Å². The monoisotopic (exact) mass is 367 g/mol. The van der Waals surface area contributed by atoms with Crippen LogP contribution in [0.1, 0.15) is 21.5 Å². The fraction of sp³-hybridized carbons (Fsp3) is 0.286. The highest BCUT2D eigenvalue weighted by atomic mass is 16.5. The molecule has 2 aliphatic rings. The largest absolute Gasteiger partial charge is 0.507 e. The van der Waals surface area contributed by atoms with Gasteiger partial charge in [0.25, 0.3) is 0 Å². The molecule has 0 amide bonds. The number of Topliss-reactive ketones (excluding diaryl/α,β-unsaturated/α-hetero) is 1. The van der Waals surface area contributed by atoms with Crippen molar-refractivity contribution in [2.24, 2.45) is 0 Å². The molecule has 2 aliphatic heterocycles. The average molecular weight is 367 g/mol. The van der Waals surface area contributed by atoms with Crippen molar-refractivity contribution in [1.82, 2.24) is 4.90 Å². The summed E-state index contributed by atoms with van der Waals surface area (Å²) >= 11 is 0. The van der Waals surface area contributed by atoms with Crippen LogP contribution in [0.15, 0.2) is 42.2 Å². The Hall–Kier alpha value is -2.83. The molecule has 0 aromatic heterocycles. The van der Waals surface area contributed by atoms with Crippen molar-refractivity contribution in [2.45, 2.75) is 6.54 Å². The summed E-state index contributed by atoms with van der Waals surface area (Å²) in [7, 11) is 1.61. The van der Waals surface area contributed by atoms with Crippen LogP contribution in [0.3, 0.4) is 0 Å². The number of phenolic OH excluding ortho intramolecular Hbond substituents is 1. The fourth-order valence-corrected chi connectivity index (χ4v) is 3.28. The van der Waals surface area contributed by atoms with Gasteiger partial charge in [0.1, 0.15) is 17.2 Å². The minimum atomic E-state index is -0.177. The molecule has 0 atom stereocenters. The van der Waals surface area contributed by atoms with Gasteiger partial charge in [0, 0.05) is 19.6 Å². The van der Waals surface area contributed by atoms with E-state index in [0.29, 0.717) is 36.6 Å². The van der Waals surface area contributed by atoms with Crippen LogP contribution < -0.4 is 9.47 Å². The lowest BCUT2D eigenvalue weighted by Gasteiger charge is -2.27. The SMILES string of the molecule is COc1ccc(/C=C2\Oc3c(ccc(O)c3CN3CCOCC3)C2=O)cc1. The zero-order chi connectivity index (χ0) is 18.8. The first-order valence-electron chi connectivity index (χ1n) is 8.89. The first kappa shape index (κ1) is 17.6. The number of phenols is 1. The molecule has 1 saturated heterocycles. The summed E-state index contributed by atoms with van der Waals surface area (Å²) in [5, 5.41) is 10.3. The van der Waals surface area contributed by atoms with Crippen molar-refractivity contribution in [3.8, 4) is 17.2 Å². The standard InChI is InChI=1S/C21H21NO5/c1-25-15-4-2-14(3-5-15)12-19-20(24)16-6-7-18(23)17(21(16)27-19)13-22-8-10-26-11-9-22/h2-7,12,23H,8-11,13H2,1H3/b19-12-. The Morgan fingerprint density at radius 1 is 1.15 bits per heavy atom. The number of carbonyl (C=O) groups excluding carboxylic acids is 1. The second kappa shape index (κ2) is 7.42. The van der Waals surface area contributed by atoms with Crippen LogP contribution in [0.4, 0.5) is 0 Å². The number of benzene rings is 2. The summed E-state index contributed by atoms with van der Waals surface area (Å²) in [4.78, 5) is 14.9. The number of carbonyl (C=O) groups is 1. The molecule has 2 aromatic rings. The zero-order valence-corrected chi connectivity index (χ0v) is 15.1. The van der Waals surface area contributed by atoms with E-state index in [9.17, 15) is 9.90 Å². The minimum absolute atomic E-state index is 0.138. The minimum Gasteiger partial charge on any atom is -0.507 e. The number of fused-ring (bicyclic) bond motifs is 1. The normalized spacial score (nSPS) is 18.4. The second-order valence-corrected chi connectivity index (χ2v) is 6.54. The molecule has 27 heavy (non-hydrogen) atoms. The number of allylic oxidation sites excluding steroid dienone is 1. The Morgan fingerprint density at radius 3 is 2.59 bits per heavy atom. The van der Waals surface area contributed by atoms with Crippen LogP contribution in [0, 0.1) is 0 Å². The van der Waals surface area contributed by atoms with E-state index >= 15 is 0 Å². The average Bonchev–Trinajstić information content (AvgIpc) is 3.01. The van der Waals surface area contributed by atoms with Crippen molar-refractivity contribution in [2.75, 3.05) is 33.4 Å². The molecule has 0 aliphatic carbocycles. The Bertz CT molecular complexity index is 882. The molecule has 1 N–H and O–H groups in total. The van der Waals surface area contributed by atoms with Crippen molar-refractivity contribution in [3.63, 3.8) is 0 Å². The van der Waals surface area contributed by atoms with E-state index in [-0.39, 0.29) is 17.3 Å². The number of aromatic hydroxyl groups is 1. The van der Waals surface area contributed by atoms with Gasteiger partial charge in [0.2, 0.25) is 5.78 Å². The van der Waals surface area contributed by atoms with Gasteiger partial charge in [-0.2, -0.15) is 0 Å². The van der Waals surface area contributed by atoms with E-state index in [1.54, 1.807) is 25.3 Å². The molecule has 1 fully saturated rings. The Labute approximate surface area is 157 Å². The van der Waals surface area contributed by atoms with Crippen LogP contribution in [0.2, 0.25) is 0 Å². The number of rotatable bonds is 4. The molecule has 0 spiro atoms. The summed E-state index contributed by atoms with van der Waals surface area (Å²) in [6, 6.07) is 10.6. The quantitative estimate of drug-likeness (QED) is 0.838. The molecule has 2 aromatic carbocycles. The van der Waals surface area contributed by atoms with Crippen LogP contribution in [-0.4, -0.2) is 49.2 Å². The van der Waals surface area contributed by atoms with Gasteiger partial charge in [-0.25, -0.2) is 0 Å². The van der Waals surface area contributed by atoms with Gasteiger partial charge >= 0.3 is 0 Å². The first-order valence-corrected chi connectivity index (χ1v) is 8.89. The Kier molecular flexibility index (Phi) is 4.83. The summed E-state index contributed by atoms with van der Waals surface area (Å²) in [6.07, 6.45) is 1.71. The Morgan fingerprint density at radius 2 is 1.89 bits per heavy atom. The Balaban J connectivity index is 1.62. The summed E-state index contributed by atoms with van der Waals surface area (Å²) in [5.74, 6) is 1.41. The summed E-state index contributed by atoms with van der Waals surface area (Å²) < 4.78 is 16.4. The van der Waals surface area contributed by atoms with E-state index in [1.165, 1.54) is 0 Å². The lowest BCUT2D eigenvalue weighted by Crippen LogP contribution is -2.35. The van der Waals surface area contributed by atoms with Crippen LogP contribution in [0.5, 0.6) is 17.2 Å². The topological polar surface area (TPSA) is 68.2 Å². The highest BCUT2D eigenvalue weighted by molar-refractivity contribution is 6.15. The molecule has 2 heterocycles. The van der Waals surface area contributed by atoms with Crippen LogP contribution >= 0.6 is 0 Å². The van der Waals surface area contributed by atoms with Gasteiger partial charge in [-0.05, 0) is 35.9 Å². The van der Waals surface area contributed by atoms with Gasteiger partial charge < -0.3 is 19.3 Å². The van der Waals surface area contributed by atoms with Gasteiger partial charge in [0.15, 0.2) is 5.76 Å². The molecular formula is C21H21NO5. The van der Waals surface area contributed by atoms with Crippen molar-refractivity contribution < 1.29 is 24.1 Å². The van der Waals surface area contributed by atoms with Crippen molar-refractivity contribution >= 4 is 11.9 Å². The van der Waals surface area contributed by atoms with Gasteiger partial charge in [-0.1, -0.05) is 12.1 Å². The molecule has 0 unspecified atom stereocenters. The lowest BCUT2D eigenvalue weighted by molar-refractivity contribution is 0.0336. The number of nitrogens with zero attached hydrogens (tertiary/aromatic N) is 1. The number of hydrogen-bond donors (Lipinski definition) is 1. The molecule has 0 saturated carbocycles. The van der Waals surface area contributed by atoms with Crippen molar-refractivity contribution in [3.05, 3.63) is 58.8 Å². The van der Waals surface area contributed by atoms with Gasteiger partial charge in [-0.3, -0.25) is 9.69 Å². The molecule has 140 valence electrons. The number of ketones is 1. The maximum Gasteiger partial charge on any atom is 0.231 e. The van der Waals surface area contributed by atoms with E-state index < -0.39 is 0 Å². The summed E-state index contributed by atoms with van der Waals surface area (Å²) in [6.45, 7) is 3.41. The molecule has 4 rings (SSSR count). The third kappa shape index (κ3) is 3.54. The highest BCUT2D eigenvalue weighted by Crippen LogP contribution is 2.40. The van der Waals surface area contributed by atoms with Crippen molar-refractivity contribution in [1.29, 1.82) is 0 Å². The fourth-order valence-electron chi connectivity index (χ4n) is 3.28. The first-order chi connectivity index (χ1) is 13.2. The van der Waals surface area contributed by atoms with Gasteiger partial charge in [-0.15, -0.1) is 0 Å². The highest BCUT2D eigenvalue weighted by Gasteiger charge is 2.31. The van der Waals surface area contributed by atoms with E-state index in [2.05, 4.69) is 4.90 Å². The molecule has 6 nitrogen and oxygen atoms in total. The molecule has 0 radical (unpaired) electrons. The summed E-state index contributed by atoms with van der Waals surface area (Å²) in [5.41, 5.74) is 1.96. The van der Waals surface area contributed by atoms with E-state index in [1.807, 2.05) is 24.3 Å². The lowest BCUT2D eigenvalue weighted by atomic mass is 10.0. The van der Waals surface area contributed by atoms with E-state index in [4.69, 9.17) is 14.2 Å². The maximum absolute atomic E-state index is 12.7. The number of ether oxygens (including phenoxy) is 3. The smallest absolute Gasteiger partial charge is 0.231 e. The second-order valence-electron chi connectivity index (χ2n) is 6.54. The zero-order valence-electron chi connectivity index (χ0n) is 15.1. The molecule has 0 bridgehead atoms. The van der Waals surface area contributed by atoms with Crippen LogP contribution in [-0.2, 0) is 11.3 Å². The maximum atomic E-state index is 12.7. The third-order valence-electron chi connectivity index (χ3n) is 4.82. The number of methoxy groups -OCH3 is 1. The predicted molar refractivity (Wildman–Crippen MR) is 100 cm³/mol. The third-order valence-corrected chi connectivity index (χ3v) is 4.82. The predicted octanol–water partition coefficient (Wildman–Crippen LogP) is 2.85. The molecule has 6 heteroatoms. The molecular weight excluding hydrogens is 346 g/mol. The van der Waals surface area contributed by atoms with Gasteiger partial charge in [0.05, 0.1) is 31.5 Å².